The number of aromatic nitrogens is 2. The summed E-state index contributed by atoms with van der Waals surface area (Å²) in [7, 11) is 3.53. The van der Waals surface area contributed by atoms with Crippen LogP contribution >= 0.6 is 0 Å². The molecule has 5 heteroatoms. The van der Waals surface area contributed by atoms with Gasteiger partial charge in [-0.3, -0.25) is 9.13 Å². The molecule has 2 heterocycles. The summed E-state index contributed by atoms with van der Waals surface area (Å²) < 4.78 is 8.98. The van der Waals surface area contributed by atoms with Crippen LogP contribution in [0.3, 0.4) is 0 Å². The zero-order valence-corrected chi connectivity index (χ0v) is 12.5. The van der Waals surface area contributed by atoms with Crippen LogP contribution in [0, 0.1) is 0 Å². The SMILES string of the molecule is CCc1ccc(C(N)c2ccc3c(c2)n(C)c(=O)n3C)o1. The van der Waals surface area contributed by atoms with Crippen LogP contribution in [0.25, 0.3) is 11.0 Å². The van der Waals surface area contributed by atoms with Crippen LogP contribution in [0.2, 0.25) is 0 Å². The van der Waals surface area contributed by atoms with Crippen molar-refractivity contribution in [1.82, 2.24) is 9.13 Å². The molecule has 0 spiro atoms. The van der Waals surface area contributed by atoms with E-state index in [1.54, 1.807) is 23.2 Å². The van der Waals surface area contributed by atoms with Crippen LogP contribution in [0.15, 0.2) is 39.5 Å². The minimum Gasteiger partial charge on any atom is -0.464 e. The van der Waals surface area contributed by atoms with Crippen molar-refractivity contribution in [3.63, 3.8) is 0 Å². The van der Waals surface area contributed by atoms with E-state index in [2.05, 4.69) is 0 Å². The Balaban J connectivity index is 2.08. The first-order valence-corrected chi connectivity index (χ1v) is 7.02. The molecule has 3 aromatic rings. The average Bonchev–Trinajstić information content (AvgIpc) is 3.07. The molecule has 3 rings (SSSR count). The average molecular weight is 285 g/mol. The maximum Gasteiger partial charge on any atom is 0.328 e. The van der Waals surface area contributed by atoms with Gasteiger partial charge in [0.25, 0.3) is 0 Å². The van der Waals surface area contributed by atoms with Gasteiger partial charge in [-0.1, -0.05) is 13.0 Å². The molecule has 0 aliphatic heterocycles. The zero-order valence-electron chi connectivity index (χ0n) is 12.5. The van der Waals surface area contributed by atoms with Crippen LogP contribution in [-0.4, -0.2) is 9.13 Å². The van der Waals surface area contributed by atoms with Gasteiger partial charge in [-0.2, -0.15) is 0 Å². The lowest BCUT2D eigenvalue weighted by atomic mass is 10.0. The van der Waals surface area contributed by atoms with Gasteiger partial charge in [0.15, 0.2) is 0 Å². The number of hydrogen-bond acceptors (Lipinski definition) is 3. The van der Waals surface area contributed by atoms with E-state index < -0.39 is 0 Å². The van der Waals surface area contributed by atoms with Crippen molar-refractivity contribution < 1.29 is 4.42 Å². The molecule has 0 aliphatic rings. The summed E-state index contributed by atoms with van der Waals surface area (Å²) in [6.07, 6.45) is 0.846. The number of benzene rings is 1. The fourth-order valence-electron chi connectivity index (χ4n) is 2.63. The number of furan rings is 1. The second-order valence-corrected chi connectivity index (χ2v) is 5.28. The Labute approximate surface area is 122 Å². The van der Waals surface area contributed by atoms with E-state index in [4.69, 9.17) is 10.2 Å². The Morgan fingerprint density at radius 2 is 1.86 bits per heavy atom. The van der Waals surface area contributed by atoms with E-state index in [1.165, 1.54) is 0 Å². The Morgan fingerprint density at radius 1 is 1.14 bits per heavy atom. The summed E-state index contributed by atoms with van der Waals surface area (Å²) in [6.45, 7) is 2.04. The first kappa shape index (κ1) is 13.7. The quantitative estimate of drug-likeness (QED) is 0.801. The smallest absolute Gasteiger partial charge is 0.328 e. The van der Waals surface area contributed by atoms with Crippen molar-refractivity contribution in [2.45, 2.75) is 19.4 Å². The molecular formula is C16H19N3O2. The number of aryl methyl sites for hydroxylation is 3. The molecule has 0 amide bonds. The van der Waals surface area contributed by atoms with Gasteiger partial charge in [0.05, 0.1) is 17.1 Å². The maximum atomic E-state index is 12.0. The summed E-state index contributed by atoms with van der Waals surface area (Å²) in [4.78, 5) is 12.0. The molecule has 2 aromatic heterocycles. The highest BCUT2D eigenvalue weighted by atomic mass is 16.3. The van der Waals surface area contributed by atoms with Crippen molar-refractivity contribution in [2.75, 3.05) is 0 Å². The van der Waals surface area contributed by atoms with E-state index >= 15 is 0 Å². The Bertz CT molecular complexity index is 854. The standard InChI is InChI=1S/C16H19N3O2/c1-4-11-6-8-14(21-11)15(17)10-5-7-12-13(9-10)19(3)16(20)18(12)2/h5-9,15H,4,17H2,1-3H3. The summed E-state index contributed by atoms with van der Waals surface area (Å²) in [6, 6.07) is 9.36. The largest absolute Gasteiger partial charge is 0.464 e. The first-order chi connectivity index (χ1) is 10.0. The Kier molecular flexibility index (Phi) is 3.22. The molecule has 21 heavy (non-hydrogen) atoms. The van der Waals surface area contributed by atoms with E-state index in [9.17, 15) is 4.79 Å². The van der Waals surface area contributed by atoms with Crippen LogP contribution in [0.1, 0.15) is 30.0 Å². The van der Waals surface area contributed by atoms with E-state index in [0.29, 0.717) is 0 Å². The summed E-state index contributed by atoms with van der Waals surface area (Å²) in [5, 5.41) is 0. The maximum absolute atomic E-state index is 12.0. The van der Waals surface area contributed by atoms with Crippen LogP contribution in [0.5, 0.6) is 0 Å². The molecule has 0 saturated carbocycles. The first-order valence-electron chi connectivity index (χ1n) is 7.02. The predicted octanol–water partition coefficient (Wildman–Crippen LogP) is 2.08. The number of rotatable bonds is 3. The predicted molar refractivity (Wildman–Crippen MR) is 82.3 cm³/mol. The monoisotopic (exact) mass is 285 g/mol. The third-order valence-electron chi connectivity index (χ3n) is 3.99. The second kappa shape index (κ2) is 4.93. The molecule has 0 radical (unpaired) electrons. The lowest BCUT2D eigenvalue weighted by Crippen LogP contribution is -2.19. The number of imidazole rings is 1. The molecule has 1 unspecified atom stereocenters. The van der Waals surface area contributed by atoms with Crippen LogP contribution in [-0.2, 0) is 20.5 Å². The van der Waals surface area contributed by atoms with Crippen LogP contribution < -0.4 is 11.4 Å². The van der Waals surface area contributed by atoms with E-state index in [0.717, 1.165) is 34.5 Å². The highest BCUT2D eigenvalue weighted by Crippen LogP contribution is 2.24. The molecule has 1 aromatic carbocycles. The van der Waals surface area contributed by atoms with Crippen molar-refractivity contribution in [1.29, 1.82) is 0 Å². The molecule has 5 nitrogen and oxygen atoms in total. The molecule has 0 aliphatic carbocycles. The zero-order chi connectivity index (χ0) is 15.1. The third-order valence-corrected chi connectivity index (χ3v) is 3.99. The van der Waals surface area contributed by atoms with Crippen molar-refractivity contribution in [3.05, 3.63) is 57.9 Å². The summed E-state index contributed by atoms with van der Waals surface area (Å²) in [5.74, 6) is 1.67. The fourth-order valence-corrected chi connectivity index (χ4v) is 2.63. The van der Waals surface area contributed by atoms with Gasteiger partial charge < -0.3 is 10.2 Å². The molecular weight excluding hydrogens is 266 g/mol. The van der Waals surface area contributed by atoms with Gasteiger partial charge in [-0.05, 0) is 29.8 Å². The summed E-state index contributed by atoms with van der Waals surface area (Å²) >= 11 is 0. The number of hydrogen-bond donors (Lipinski definition) is 1. The molecule has 2 N–H and O–H groups in total. The third kappa shape index (κ3) is 2.10. The van der Waals surface area contributed by atoms with Gasteiger partial charge in [0, 0.05) is 20.5 Å². The van der Waals surface area contributed by atoms with Gasteiger partial charge in [-0.25, -0.2) is 4.79 Å². The summed E-state index contributed by atoms with van der Waals surface area (Å²) in [5.41, 5.74) is 8.94. The van der Waals surface area contributed by atoms with E-state index in [-0.39, 0.29) is 11.7 Å². The second-order valence-electron chi connectivity index (χ2n) is 5.28. The number of nitrogens with two attached hydrogens (primary N) is 1. The van der Waals surface area contributed by atoms with Gasteiger partial charge >= 0.3 is 5.69 Å². The number of fused-ring (bicyclic) bond motifs is 1. The Morgan fingerprint density at radius 3 is 2.52 bits per heavy atom. The molecule has 110 valence electrons. The molecule has 0 bridgehead atoms. The topological polar surface area (TPSA) is 66.1 Å². The molecule has 1 atom stereocenters. The van der Waals surface area contributed by atoms with Gasteiger partial charge in [0.2, 0.25) is 0 Å². The normalized spacial score (nSPS) is 13.0. The molecule has 0 fully saturated rings. The van der Waals surface area contributed by atoms with Crippen molar-refractivity contribution in [3.8, 4) is 0 Å². The minimum absolute atomic E-state index is 0.0398. The van der Waals surface area contributed by atoms with Gasteiger partial charge in [0.1, 0.15) is 11.5 Å². The lowest BCUT2D eigenvalue weighted by Gasteiger charge is -2.10. The number of nitrogens with zero attached hydrogens (tertiary/aromatic N) is 2. The minimum atomic E-state index is -0.329. The van der Waals surface area contributed by atoms with Crippen LogP contribution in [0.4, 0.5) is 0 Å². The van der Waals surface area contributed by atoms with E-state index in [1.807, 2.05) is 37.3 Å². The van der Waals surface area contributed by atoms with Crippen molar-refractivity contribution >= 4 is 11.0 Å². The Hall–Kier alpha value is -2.27. The lowest BCUT2D eigenvalue weighted by molar-refractivity contribution is 0.454. The molecule has 0 saturated heterocycles. The highest BCUT2D eigenvalue weighted by molar-refractivity contribution is 5.77. The van der Waals surface area contributed by atoms with Gasteiger partial charge in [-0.15, -0.1) is 0 Å². The van der Waals surface area contributed by atoms with Crippen molar-refractivity contribution in [2.24, 2.45) is 19.8 Å². The highest BCUT2D eigenvalue weighted by Gasteiger charge is 2.15. The fraction of sp³-hybridized carbons (Fsp3) is 0.312.